The highest BCUT2D eigenvalue weighted by Gasteiger charge is 2.03. The number of anilines is 1. The van der Waals surface area contributed by atoms with Crippen molar-refractivity contribution in [3.63, 3.8) is 0 Å². The molecule has 0 aliphatic carbocycles. The summed E-state index contributed by atoms with van der Waals surface area (Å²) in [6.45, 7) is 2.79. The largest absolute Gasteiger partial charge is 0.470 e. The lowest BCUT2D eigenvalue weighted by molar-refractivity contribution is 0.316. The maximum atomic E-state index is 5.67. The average Bonchev–Trinajstić information content (AvgIpc) is 2.56. The summed E-state index contributed by atoms with van der Waals surface area (Å²) in [5, 5.41) is 0.729. The lowest BCUT2D eigenvalue weighted by atomic mass is 10.3. The Bertz CT molecular complexity index is 444. The molecule has 0 spiro atoms. The fourth-order valence-electron chi connectivity index (χ4n) is 1.17. The van der Waals surface area contributed by atoms with Gasteiger partial charge < -0.3 is 10.5 Å². The first-order valence-corrected chi connectivity index (χ1v) is 5.40. The van der Waals surface area contributed by atoms with Crippen molar-refractivity contribution in [3.8, 4) is 5.19 Å². The van der Waals surface area contributed by atoms with Crippen LogP contribution in [0.5, 0.6) is 5.19 Å². The Morgan fingerprint density at radius 2 is 2.27 bits per heavy atom. The molecule has 5 heteroatoms. The first-order chi connectivity index (χ1) is 6.79. The number of hydrogen-bond donors (Lipinski definition) is 1. The quantitative estimate of drug-likeness (QED) is 0.844. The third-order valence-electron chi connectivity index (χ3n) is 1.82. The molecule has 0 aliphatic heterocycles. The van der Waals surface area contributed by atoms with E-state index < -0.39 is 0 Å². The molecule has 3 nitrogen and oxygen atoms in total. The van der Waals surface area contributed by atoms with Gasteiger partial charge in [0.25, 0.3) is 5.19 Å². The summed E-state index contributed by atoms with van der Waals surface area (Å²) in [7, 11) is 0. The first kappa shape index (κ1) is 12.1. The molecule has 0 amide bonds. The first-order valence-electron chi connectivity index (χ1n) is 4.58. The van der Waals surface area contributed by atoms with E-state index in [1.165, 1.54) is 11.3 Å². The van der Waals surface area contributed by atoms with E-state index in [1.54, 1.807) is 0 Å². The summed E-state index contributed by atoms with van der Waals surface area (Å²) in [5.41, 5.74) is 7.39. The second-order valence-corrected chi connectivity index (χ2v) is 4.05. The smallest absolute Gasteiger partial charge is 0.274 e. The molecule has 0 atom stereocenters. The van der Waals surface area contributed by atoms with Gasteiger partial charge in [-0.25, -0.2) is 4.98 Å². The molecule has 0 radical (unpaired) electrons. The highest BCUT2D eigenvalue weighted by Crippen LogP contribution is 2.28. The van der Waals surface area contributed by atoms with Crippen molar-refractivity contribution in [2.24, 2.45) is 0 Å². The van der Waals surface area contributed by atoms with E-state index in [1.807, 2.05) is 18.2 Å². The van der Waals surface area contributed by atoms with Gasteiger partial charge in [0.2, 0.25) is 0 Å². The zero-order valence-corrected chi connectivity index (χ0v) is 10.0. The topological polar surface area (TPSA) is 48.1 Å². The van der Waals surface area contributed by atoms with E-state index in [-0.39, 0.29) is 12.4 Å². The maximum Gasteiger partial charge on any atom is 0.274 e. The Hall–Kier alpha value is -1.000. The standard InChI is InChI=1S/C10H12N2OS.ClH/c1-2-5-13-10-12-8-4-3-7(11)6-9(8)14-10;/h3-4,6H,2,5,11H2,1H3;1H. The number of nitrogen functional groups attached to an aromatic ring is 1. The number of halogens is 1. The Morgan fingerprint density at radius 1 is 1.47 bits per heavy atom. The van der Waals surface area contributed by atoms with Gasteiger partial charge in [-0.3, -0.25) is 0 Å². The molecule has 0 saturated heterocycles. The Morgan fingerprint density at radius 3 is 3.00 bits per heavy atom. The van der Waals surface area contributed by atoms with Crippen LogP contribution in [0.1, 0.15) is 13.3 Å². The minimum Gasteiger partial charge on any atom is -0.470 e. The molecule has 1 heterocycles. The molecule has 82 valence electrons. The van der Waals surface area contributed by atoms with Gasteiger partial charge in [-0.05, 0) is 24.6 Å². The fraction of sp³-hybridized carbons (Fsp3) is 0.300. The molecule has 2 aromatic rings. The van der Waals surface area contributed by atoms with Gasteiger partial charge in [0.15, 0.2) is 0 Å². The molecule has 0 saturated carbocycles. The molecule has 0 unspecified atom stereocenters. The molecule has 15 heavy (non-hydrogen) atoms. The molecule has 0 bridgehead atoms. The van der Waals surface area contributed by atoms with Gasteiger partial charge in [0, 0.05) is 5.69 Å². The van der Waals surface area contributed by atoms with Crippen molar-refractivity contribution in [2.45, 2.75) is 13.3 Å². The summed E-state index contributed by atoms with van der Waals surface area (Å²) in [4.78, 5) is 4.33. The molecule has 0 aliphatic rings. The predicted octanol–water partition coefficient (Wildman–Crippen LogP) is 3.09. The molecule has 0 fully saturated rings. The number of nitrogens with zero attached hydrogens (tertiary/aromatic N) is 1. The SMILES string of the molecule is CCCOc1nc2ccc(N)cc2s1.Cl. The number of aromatic nitrogens is 1. The van der Waals surface area contributed by atoms with Crippen molar-refractivity contribution in [1.29, 1.82) is 0 Å². The number of thiazole rings is 1. The van der Waals surface area contributed by atoms with Crippen molar-refractivity contribution in [2.75, 3.05) is 12.3 Å². The van der Waals surface area contributed by atoms with Crippen LogP contribution in [0, 0.1) is 0 Å². The van der Waals surface area contributed by atoms with E-state index in [4.69, 9.17) is 10.5 Å². The van der Waals surface area contributed by atoms with Gasteiger partial charge >= 0.3 is 0 Å². The molecular weight excluding hydrogens is 232 g/mol. The Kier molecular flexibility index (Phi) is 4.17. The summed E-state index contributed by atoms with van der Waals surface area (Å²) in [5.74, 6) is 0. The zero-order chi connectivity index (χ0) is 9.97. The van der Waals surface area contributed by atoms with Gasteiger partial charge in [-0.1, -0.05) is 18.3 Å². The lowest BCUT2D eigenvalue weighted by Gasteiger charge is -1.95. The summed E-state index contributed by atoms with van der Waals surface area (Å²) >= 11 is 1.54. The van der Waals surface area contributed by atoms with Gasteiger partial charge in [0.1, 0.15) is 0 Å². The van der Waals surface area contributed by atoms with E-state index in [2.05, 4.69) is 11.9 Å². The summed E-state index contributed by atoms with van der Waals surface area (Å²) < 4.78 is 6.53. The van der Waals surface area contributed by atoms with E-state index in [0.29, 0.717) is 0 Å². The minimum absolute atomic E-state index is 0. The minimum atomic E-state index is 0. The number of benzene rings is 1. The zero-order valence-electron chi connectivity index (χ0n) is 8.40. The number of nitrogens with two attached hydrogens (primary N) is 1. The Balaban J connectivity index is 0.00000112. The third-order valence-corrected chi connectivity index (χ3v) is 2.75. The number of ether oxygens (including phenoxy) is 1. The lowest BCUT2D eigenvalue weighted by Crippen LogP contribution is -1.93. The van der Waals surface area contributed by atoms with Crippen LogP contribution in [-0.4, -0.2) is 11.6 Å². The van der Waals surface area contributed by atoms with Gasteiger partial charge in [-0.15, -0.1) is 12.4 Å². The Labute approximate surface area is 98.7 Å². The third kappa shape index (κ3) is 2.73. The van der Waals surface area contributed by atoms with Crippen molar-refractivity contribution >= 4 is 39.6 Å². The van der Waals surface area contributed by atoms with E-state index in [0.717, 1.165) is 34.1 Å². The molecule has 2 N–H and O–H groups in total. The average molecular weight is 245 g/mol. The number of hydrogen-bond acceptors (Lipinski definition) is 4. The number of fused-ring (bicyclic) bond motifs is 1. The van der Waals surface area contributed by atoms with Crippen LogP contribution in [0.4, 0.5) is 5.69 Å². The van der Waals surface area contributed by atoms with E-state index >= 15 is 0 Å². The summed E-state index contributed by atoms with van der Waals surface area (Å²) in [6.07, 6.45) is 0.998. The molecule has 1 aromatic carbocycles. The molecule has 1 aromatic heterocycles. The van der Waals surface area contributed by atoms with Gasteiger partial charge in [0.05, 0.1) is 16.8 Å². The molecular formula is C10H13ClN2OS. The van der Waals surface area contributed by atoms with Crippen molar-refractivity contribution in [3.05, 3.63) is 18.2 Å². The van der Waals surface area contributed by atoms with Gasteiger partial charge in [-0.2, -0.15) is 0 Å². The van der Waals surface area contributed by atoms with Crippen molar-refractivity contribution in [1.82, 2.24) is 4.98 Å². The second-order valence-electron chi connectivity index (χ2n) is 3.06. The van der Waals surface area contributed by atoms with Crippen LogP contribution in [0.2, 0.25) is 0 Å². The van der Waals surface area contributed by atoms with Crippen LogP contribution in [0.25, 0.3) is 10.2 Å². The van der Waals surface area contributed by atoms with Crippen LogP contribution in [0.15, 0.2) is 18.2 Å². The molecule has 2 rings (SSSR count). The maximum absolute atomic E-state index is 5.67. The highest BCUT2D eigenvalue weighted by molar-refractivity contribution is 7.20. The van der Waals surface area contributed by atoms with Crippen molar-refractivity contribution < 1.29 is 4.74 Å². The second kappa shape index (κ2) is 5.19. The van der Waals surface area contributed by atoms with Crippen LogP contribution < -0.4 is 10.5 Å². The van der Waals surface area contributed by atoms with Crippen LogP contribution in [-0.2, 0) is 0 Å². The highest BCUT2D eigenvalue weighted by atomic mass is 35.5. The number of rotatable bonds is 3. The van der Waals surface area contributed by atoms with Crippen LogP contribution in [0.3, 0.4) is 0 Å². The summed E-state index contributed by atoms with van der Waals surface area (Å²) in [6, 6.07) is 5.69. The fourth-order valence-corrected chi connectivity index (χ4v) is 2.06. The predicted molar refractivity (Wildman–Crippen MR) is 67.1 cm³/mol. The normalized spacial score (nSPS) is 9.93. The monoisotopic (exact) mass is 244 g/mol. The van der Waals surface area contributed by atoms with E-state index in [9.17, 15) is 0 Å². The van der Waals surface area contributed by atoms with Crippen LogP contribution >= 0.6 is 23.7 Å².